The topological polar surface area (TPSA) is 163 Å². The maximum atomic E-state index is 13.1. The number of nitro benzene ring substituents is 2. The van der Waals surface area contributed by atoms with Crippen molar-refractivity contribution < 1.29 is 28.9 Å². The summed E-state index contributed by atoms with van der Waals surface area (Å²) < 4.78 is 11.5. The standard InChI is InChI=1S/C32H22N4O8/c37-31(21-5-3-7-27(19-21)43-25-15-11-23(12-16-25)35(39)40)33-29-9-1-2-10-30(29)34-32(38)22-6-4-8-28(20-22)44-26-17-13-24(14-18-26)36(41)42/h1-20H,(H,33,37)(H,34,38). The minimum absolute atomic E-state index is 0.0699. The van der Waals surface area contributed by atoms with Gasteiger partial charge in [0.1, 0.15) is 23.0 Å². The van der Waals surface area contributed by atoms with E-state index in [2.05, 4.69) is 10.6 Å². The average Bonchev–Trinajstić information content (AvgIpc) is 3.03. The van der Waals surface area contributed by atoms with Crippen molar-refractivity contribution in [3.63, 3.8) is 0 Å². The number of carbonyl (C=O) groups excluding carboxylic acids is 2. The molecule has 0 unspecified atom stereocenters. The lowest BCUT2D eigenvalue weighted by atomic mass is 10.1. The summed E-state index contributed by atoms with van der Waals surface area (Å²) in [6.45, 7) is 0. The molecule has 5 aromatic carbocycles. The lowest BCUT2D eigenvalue weighted by Crippen LogP contribution is -2.16. The van der Waals surface area contributed by atoms with Gasteiger partial charge in [0.05, 0.1) is 21.2 Å². The molecule has 0 heterocycles. The number of amides is 2. The minimum atomic E-state index is -0.509. The minimum Gasteiger partial charge on any atom is -0.457 e. The second-order valence-electron chi connectivity index (χ2n) is 9.22. The molecule has 0 radical (unpaired) electrons. The molecule has 0 saturated carbocycles. The molecule has 12 heteroatoms. The quantitative estimate of drug-likeness (QED) is 0.124. The van der Waals surface area contributed by atoms with E-state index >= 15 is 0 Å². The molecule has 0 bridgehead atoms. The van der Waals surface area contributed by atoms with Gasteiger partial charge in [0, 0.05) is 35.4 Å². The first-order valence-corrected chi connectivity index (χ1v) is 13.0. The van der Waals surface area contributed by atoms with Gasteiger partial charge in [-0.3, -0.25) is 29.8 Å². The lowest BCUT2D eigenvalue weighted by molar-refractivity contribution is -0.385. The first-order chi connectivity index (χ1) is 21.2. The van der Waals surface area contributed by atoms with E-state index in [1.165, 1.54) is 60.7 Å². The van der Waals surface area contributed by atoms with E-state index in [-0.39, 0.29) is 22.5 Å². The second-order valence-corrected chi connectivity index (χ2v) is 9.22. The Morgan fingerprint density at radius 1 is 0.500 bits per heavy atom. The number of anilines is 2. The molecule has 12 nitrogen and oxygen atoms in total. The number of carbonyl (C=O) groups is 2. The normalized spacial score (nSPS) is 10.4. The summed E-state index contributed by atoms with van der Waals surface area (Å²) in [6.07, 6.45) is 0. The largest absolute Gasteiger partial charge is 0.457 e. The van der Waals surface area contributed by atoms with Gasteiger partial charge in [0.25, 0.3) is 23.2 Å². The fourth-order valence-corrected chi connectivity index (χ4v) is 4.04. The van der Waals surface area contributed by atoms with Crippen molar-refractivity contribution in [2.24, 2.45) is 0 Å². The average molecular weight is 591 g/mol. The molecule has 0 aliphatic carbocycles. The summed E-state index contributed by atoms with van der Waals surface area (Å²) in [5.74, 6) is 0.512. The van der Waals surface area contributed by atoms with E-state index in [0.29, 0.717) is 34.4 Å². The summed E-state index contributed by atoms with van der Waals surface area (Å²) in [5.41, 5.74) is 1.12. The van der Waals surface area contributed by atoms with Gasteiger partial charge in [0.15, 0.2) is 0 Å². The number of nitro groups is 2. The van der Waals surface area contributed by atoms with Crippen LogP contribution in [0.1, 0.15) is 20.7 Å². The van der Waals surface area contributed by atoms with Crippen LogP contribution in [0.4, 0.5) is 22.7 Å². The molecular weight excluding hydrogens is 568 g/mol. The van der Waals surface area contributed by atoms with Gasteiger partial charge in [-0.15, -0.1) is 0 Å². The predicted molar refractivity (Wildman–Crippen MR) is 162 cm³/mol. The SMILES string of the molecule is O=C(Nc1ccccc1NC(=O)c1cccc(Oc2ccc([N+](=O)[O-])cc2)c1)c1cccc(Oc2ccc([N+](=O)[O-])cc2)c1. The number of rotatable bonds is 10. The third-order valence-corrected chi connectivity index (χ3v) is 6.18. The Balaban J connectivity index is 1.25. The third kappa shape index (κ3) is 7.19. The molecule has 0 aromatic heterocycles. The molecule has 0 atom stereocenters. The highest BCUT2D eigenvalue weighted by atomic mass is 16.6. The van der Waals surface area contributed by atoms with Gasteiger partial charge in [-0.2, -0.15) is 0 Å². The van der Waals surface area contributed by atoms with E-state index in [0.717, 1.165) is 0 Å². The number of nitrogens with zero attached hydrogens (tertiary/aromatic N) is 2. The Morgan fingerprint density at radius 3 is 1.25 bits per heavy atom. The molecule has 44 heavy (non-hydrogen) atoms. The molecule has 218 valence electrons. The molecule has 5 aromatic rings. The molecule has 2 N–H and O–H groups in total. The Hall–Kier alpha value is -6.56. The first kappa shape index (κ1) is 29.0. The molecule has 0 fully saturated rings. The van der Waals surface area contributed by atoms with Gasteiger partial charge in [-0.25, -0.2) is 0 Å². The Morgan fingerprint density at radius 2 is 0.886 bits per heavy atom. The van der Waals surface area contributed by atoms with Crippen LogP contribution < -0.4 is 20.1 Å². The number of hydrogen-bond acceptors (Lipinski definition) is 8. The molecule has 5 rings (SSSR count). The first-order valence-electron chi connectivity index (χ1n) is 13.0. The molecule has 0 aliphatic heterocycles. The maximum absolute atomic E-state index is 13.1. The third-order valence-electron chi connectivity index (χ3n) is 6.18. The summed E-state index contributed by atoms with van der Waals surface area (Å²) in [5, 5.41) is 27.3. The van der Waals surface area contributed by atoms with E-state index < -0.39 is 21.7 Å². The van der Waals surface area contributed by atoms with E-state index in [4.69, 9.17) is 9.47 Å². The highest BCUT2D eigenvalue weighted by Crippen LogP contribution is 2.28. The Bertz CT molecular complexity index is 1720. The van der Waals surface area contributed by atoms with Crippen molar-refractivity contribution >= 4 is 34.6 Å². The zero-order valence-corrected chi connectivity index (χ0v) is 22.7. The lowest BCUT2D eigenvalue weighted by Gasteiger charge is -2.13. The number of benzene rings is 5. The van der Waals surface area contributed by atoms with Gasteiger partial charge in [-0.1, -0.05) is 24.3 Å². The number of non-ortho nitro benzene ring substituents is 2. The molecule has 0 spiro atoms. The van der Waals surface area contributed by atoms with Crippen LogP contribution in [0.25, 0.3) is 0 Å². The maximum Gasteiger partial charge on any atom is 0.269 e. The van der Waals surface area contributed by atoms with E-state index in [1.54, 1.807) is 60.7 Å². The summed E-state index contributed by atoms with van der Waals surface area (Å²) in [7, 11) is 0. The van der Waals surface area contributed by atoms with Crippen LogP contribution in [0, 0.1) is 20.2 Å². The fourth-order valence-electron chi connectivity index (χ4n) is 4.04. The molecule has 0 aliphatic rings. The van der Waals surface area contributed by atoms with Gasteiger partial charge >= 0.3 is 0 Å². The zero-order chi connectivity index (χ0) is 31.1. The van der Waals surface area contributed by atoms with Crippen molar-refractivity contribution in [1.82, 2.24) is 0 Å². The van der Waals surface area contributed by atoms with Crippen LogP contribution in [-0.4, -0.2) is 21.7 Å². The van der Waals surface area contributed by atoms with Crippen molar-refractivity contribution in [3.05, 3.63) is 153 Å². The van der Waals surface area contributed by atoms with Gasteiger partial charge < -0.3 is 20.1 Å². The van der Waals surface area contributed by atoms with Gasteiger partial charge in [-0.05, 0) is 72.8 Å². The smallest absolute Gasteiger partial charge is 0.269 e. The van der Waals surface area contributed by atoms with E-state index in [1.807, 2.05) is 0 Å². The van der Waals surface area contributed by atoms with Crippen molar-refractivity contribution in [3.8, 4) is 23.0 Å². The molecular formula is C32H22N4O8. The molecule has 2 amide bonds. The van der Waals surface area contributed by atoms with E-state index in [9.17, 15) is 29.8 Å². The zero-order valence-electron chi connectivity index (χ0n) is 22.7. The molecule has 0 saturated heterocycles. The van der Waals surface area contributed by atoms with Crippen molar-refractivity contribution in [2.75, 3.05) is 10.6 Å². The summed E-state index contributed by atoms with van der Waals surface area (Å²) in [4.78, 5) is 47.0. The second kappa shape index (κ2) is 13.0. The summed E-state index contributed by atoms with van der Waals surface area (Å²) in [6, 6.07) is 30.6. The predicted octanol–water partition coefficient (Wildman–Crippen LogP) is 7.59. The van der Waals surface area contributed by atoms with Crippen LogP contribution in [0.3, 0.4) is 0 Å². The van der Waals surface area contributed by atoms with Gasteiger partial charge in [0.2, 0.25) is 0 Å². The van der Waals surface area contributed by atoms with Crippen LogP contribution >= 0.6 is 0 Å². The van der Waals surface area contributed by atoms with Crippen LogP contribution in [0.5, 0.6) is 23.0 Å². The number of nitrogens with one attached hydrogen (secondary N) is 2. The highest BCUT2D eigenvalue weighted by molar-refractivity contribution is 6.10. The number of para-hydroxylation sites is 2. The van der Waals surface area contributed by atoms with Crippen LogP contribution in [0.15, 0.2) is 121 Å². The number of ether oxygens (including phenoxy) is 2. The number of hydrogen-bond donors (Lipinski definition) is 2. The fraction of sp³-hybridized carbons (Fsp3) is 0. The van der Waals surface area contributed by atoms with Crippen LogP contribution in [0.2, 0.25) is 0 Å². The summed E-state index contributed by atoms with van der Waals surface area (Å²) >= 11 is 0. The van der Waals surface area contributed by atoms with Crippen molar-refractivity contribution in [2.45, 2.75) is 0 Å². The Kier molecular flexibility index (Phi) is 8.52. The van der Waals surface area contributed by atoms with Crippen LogP contribution in [-0.2, 0) is 0 Å². The van der Waals surface area contributed by atoms with Crippen molar-refractivity contribution in [1.29, 1.82) is 0 Å². The Labute approximate surface area is 249 Å². The monoisotopic (exact) mass is 590 g/mol. The highest BCUT2D eigenvalue weighted by Gasteiger charge is 2.14.